The first-order chi connectivity index (χ1) is 12.2. The third kappa shape index (κ3) is 4.90. The topological polar surface area (TPSA) is 61.9 Å². The Morgan fingerprint density at radius 2 is 1.96 bits per heavy atom. The van der Waals surface area contributed by atoms with Gasteiger partial charge in [0.2, 0.25) is 11.8 Å². The van der Waals surface area contributed by atoms with Crippen LogP contribution in [0, 0.1) is 0 Å². The van der Waals surface area contributed by atoms with Crippen LogP contribution in [0.5, 0.6) is 0 Å². The maximum absolute atomic E-state index is 12.5. The van der Waals surface area contributed by atoms with Crippen molar-refractivity contribution in [2.45, 2.75) is 12.5 Å². The van der Waals surface area contributed by atoms with Crippen molar-refractivity contribution in [3.63, 3.8) is 0 Å². The minimum Gasteiger partial charge on any atom is -0.378 e. The maximum atomic E-state index is 12.5. The second-order valence-electron chi connectivity index (χ2n) is 6.31. The summed E-state index contributed by atoms with van der Waals surface area (Å²) >= 11 is 0. The minimum absolute atomic E-state index is 0.0300. The second kappa shape index (κ2) is 8.78. The fourth-order valence-corrected chi connectivity index (χ4v) is 3.20. The lowest BCUT2D eigenvalue weighted by Gasteiger charge is -2.35. The number of nitrogens with one attached hydrogen (secondary N) is 1. The molecular formula is C19H25N3O3. The molecule has 2 saturated heterocycles. The van der Waals surface area contributed by atoms with Crippen LogP contribution in [-0.4, -0.2) is 73.6 Å². The molecule has 0 radical (unpaired) electrons. The Kier molecular flexibility index (Phi) is 6.19. The van der Waals surface area contributed by atoms with Gasteiger partial charge in [-0.3, -0.25) is 14.5 Å². The van der Waals surface area contributed by atoms with Gasteiger partial charge in [-0.2, -0.15) is 0 Å². The van der Waals surface area contributed by atoms with Crippen molar-refractivity contribution in [3.8, 4) is 0 Å². The predicted octanol–water partition coefficient (Wildman–Crippen LogP) is 0.749. The fourth-order valence-electron chi connectivity index (χ4n) is 3.20. The van der Waals surface area contributed by atoms with Crippen LogP contribution in [0.3, 0.4) is 0 Å². The van der Waals surface area contributed by atoms with E-state index in [0.717, 1.165) is 12.1 Å². The van der Waals surface area contributed by atoms with Crippen molar-refractivity contribution < 1.29 is 14.3 Å². The summed E-state index contributed by atoms with van der Waals surface area (Å²) < 4.78 is 5.28. The SMILES string of the molecule is O=C1NCCN(C/C=C/c2ccccc2)[C@H]1CC(=O)N1CCOCC1. The van der Waals surface area contributed by atoms with E-state index >= 15 is 0 Å². The maximum Gasteiger partial charge on any atom is 0.237 e. The minimum atomic E-state index is -0.399. The van der Waals surface area contributed by atoms with Gasteiger partial charge >= 0.3 is 0 Å². The first kappa shape index (κ1) is 17.6. The van der Waals surface area contributed by atoms with Crippen molar-refractivity contribution in [3.05, 3.63) is 42.0 Å². The molecule has 2 heterocycles. The number of hydrogen-bond donors (Lipinski definition) is 1. The van der Waals surface area contributed by atoms with Crippen molar-refractivity contribution in [2.24, 2.45) is 0 Å². The normalized spacial score (nSPS) is 22.2. The van der Waals surface area contributed by atoms with Crippen LogP contribution in [0.25, 0.3) is 6.08 Å². The number of morpholine rings is 1. The van der Waals surface area contributed by atoms with E-state index in [0.29, 0.717) is 39.4 Å². The zero-order chi connectivity index (χ0) is 17.5. The van der Waals surface area contributed by atoms with Crippen LogP contribution < -0.4 is 5.32 Å². The summed E-state index contributed by atoms with van der Waals surface area (Å²) in [7, 11) is 0. The number of amides is 2. The molecule has 3 rings (SSSR count). The van der Waals surface area contributed by atoms with Crippen LogP contribution in [0.15, 0.2) is 36.4 Å². The lowest BCUT2D eigenvalue weighted by molar-refractivity contribution is -0.141. The highest BCUT2D eigenvalue weighted by Gasteiger charge is 2.32. The van der Waals surface area contributed by atoms with Gasteiger partial charge in [-0.1, -0.05) is 42.5 Å². The second-order valence-corrected chi connectivity index (χ2v) is 6.31. The van der Waals surface area contributed by atoms with Crippen molar-refractivity contribution in [1.29, 1.82) is 0 Å². The number of nitrogens with zero attached hydrogens (tertiary/aromatic N) is 2. The highest BCUT2D eigenvalue weighted by molar-refractivity contribution is 5.89. The predicted molar refractivity (Wildman–Crippen MR) is 95.9 cm³/mol. The van der Waals surface area contributed by atoms with Crippen molar-refractivity contribution in [2.75, 3.05) is 45.9 Å². The number of benzene rings is 1. The summed E-state index contributed by atoms with van der Waals surface area (Å²) in [6.45, 7) is 4.41. The molecule has 0 spiro atoms. The molecule has 0 bridgehead atoms. The average molecular weight is 343 g/mol. The number of carbonyl (C=O) groups is 2. The average Bonchev–Trinajstić information content (AvgIpc) is 2.66. The summed E-state index contributed by atoms with van der Waals surface area (Å²) in [4.78, 5) is 28.7. The lowest BCUT2D eigenvalue weighted by Crippen LogP contribution is -2.57. The molecule has 2 amide bonds. The van der Waals surface area contributed by atoms with Gasteiger partial charge < -0.3 is 15.0 Å². The fraction of sp³-hybridized carbons (Fsp3) is 0.474. The van der Waals surface area contributed by atoms with Gasteiger partial charge in [-0.15, -0.1) is 0 Å². The van der Waals surface area contributed by atoms with Crippen LogP contribution in [-0.2, 0) is 14.3 Å². The molecule has 2 aliphatic heterocycles. The van der Waals surface area contributed by atoms with Gasteiger partial charge in [0.15, 0.2) is 0 Å². The monoisotopic (exact) mass is 343 g/mol. The van der Waals surface area contributed by atoms with Crippen molar-refractivity contribution >= 4 is 17.9 Å². The zero-order valence-electron chi connectivity index (χ0n) is 14.4. The Morgan fingerprint density at radius 1 is 1.20 bits per heavy atom. The standard InChI is InChI=1S/C19H25N3O3/c23-18(22-11-13-25-14-12-22)15-17-19(24)20-8-10-21(17)9-4-7-16-5-2-1-3-6-16/h1-7,17H,8-15H2,(H,20,24)/b7-4+/t17-/m0/s1. The molecule has 6 heteroatoms. The highest BCUT2D eigenvalue weighted by atomic mass is 16.5. The third-order valence-electron chi connectivity index (χ3n) is 4.62. The molecule has 0 aromatic heterocycles. The summed E-state index contributed by atoms with van der Waals surface area (Å²) in [5.41, 5.74) is 1.13. The van der Waals surface area contributed by atoms with E-state index in [1.165, 1.54) is 0 Å². The molecule has 25 heavy (non-hydrogen) atoms. The largest absolute Gasteiger partial charge is 0.378 e. The number of piperazine rings is 1. The van der Waals surface area contributed by atoms with E-state index in [2.05, 4.69) is 16.3 Å². The molecule has 1 atom stereocenters. The van der Waals surface area contributed by atoms with Crippen LogP contribution >= 0.6 is 0 Å². The number of rotatable bonds is 5. The van der Waals surface area contributed by atoms with E-state index in [1.807, 2.05) is 36.4 Å². The quantitative estimate of drug-likeness (QED) is 0.857. The van der Waals surface area contributed by atoms with Crippen LogP contribution in [0.1, 0.15) is 12.0 Å². The Morgan fingerprint density at radius 3 is 2.72 bits per heavy atom. The molecule has 1 N–H and O–H groups in total. The van der Waals surface area contributed by atoms with Gasteiger partial charge in [0, 0.05) is 32.7 Å². The van der Waals surface area contributed by atoms with E-state index in [4.69, 9.17) is 4.74 Å². The first-order valence-electron chi connectivity index (χ1n) is 8.83. The molecule has 2 aliphatic rings. The van der Waals surface area contributed by atoms with Gasteiger partial charge in [-0.05, 0) is 5.56 Å². The Balaban J connectivity index is 1.59. The summed E-state index contributed by atoms with van der Waals surface area (Å²) in [6, 6.07) is 9.66. The smallest absolute Gasteiger partial charge is 0.237 e. The number of ether oxygens (including phenoxy) is 1. The molecular weight excluding hydrogens is 318 g/mol. The van der Waals surface area contributed by atoms with Gasteiger partial charge in [0.1, 0.15) is 0 Å². The van der Waals surface area contributed by atoms with E-state index in [1.54, 1.807) is 4.90 Å². The van der Waals surface area contributed by atoms with Crippen molar-refractivity contribution in [1.82, 2.24) is 15.1 Å². The summed E-state index contributed by atoms with van der Waals surface area (Å²) in [5.74, 6) is -0.0247. The first-order valence-corrected chi connectivity index (χ1v) is 8.83. The van der Waals surface area contributed by atoms with Crippen LogP contribution in [0.4, 0.5) is 0 Å². The summed E-state index contributed by atoms with van der Waals surface area (Å²) in [6.07, 6.45) is 4.33. The van der Waals surface area contributed by atoms with Gasteiger partial charge in [0.05, 0.1) is 25.7 Å². The Hall–Kier alpha value is -2.18. The molecule has 1 aromatic carbocycles. The van der Waals surface area contributed by atoms with E-state index in [-0.39, 0.29) is 18.2 Å². The number of hydrogen-bond acceptors (Lipinski definition) is 4. The highest BCUT2D eigenvalue weighted by Crippen LogP contribution is 2.12. The molecule has 134 valence electrons. The van der Waals surface area contributed by atoms with Crippen LogP contribution in [0.2, 0.25) is 0 Å². The molecule has 6 nitrogen and oxygen atoms in total. The Bertz CT molecular complexity index is 612. The van der Waals surface area contributed by atoms with Gasteiger partial charge in [-0.25, -0.2) is 0 Å². The molecule has 0 aliphatic carbocycles. The molecule has 2 fully saturated rings. The molecule has 1 aromatic rings. The van der Waals surface area contributed by atoms with E-state index < -0.39 is 6.04 Å². The van der Waals surface area contributed by atoms with Gasteiger partial charge in [0.25, 0.3) is 0 Å². The lowest BCUT2D eigenvalue weighted by atomic mass is 10.1. The molecule has 0 unspecified atom stereocenters. The zero-order valence-corrected chi connectivity index (χ0v) is 14.4. The third-order valence-corrected chi connectivity index (χ3v) is 4.62. The summed E-state index contributed by atoms with van der Waals surface area (Å²) in [5, 5.41) is 2.88. The van der Waals surface area contributed by atoms with E-state index in [9.17, 15) is 9.59 Å². The number of carbonyl (C=O) groups excluding carboxylic acids is 2. The Labute approximate surface area is 148 Å². The molecule has 0 saturated carbocycles.